The molecule has 1 amide bonds. The van der Waals surface area contributed by atoms with Crippen molar-refractivity contribution in [3.63, 3.8) is 0 Å². The van der Waals surface area contributed by atoms with Crippen LogP contribution in [0.2, 0.25) is 5.15 Å². The first kappa shape index (κ1) is 14.9. The Balaban J connectivity index is 2.82. The van der Waals surface area contributed by atoms with Gasteiger partial charge in [-0.15, -0.1) is 0 Å². The van der Waals surface area contributed by atoms with Crippen LogP contribution in [0.5, 0.6) is 0 Å². The van der Waals surface area contributed by atoms with E-state index in [4.69, 9.17) is 16.7 Å². The van der Waals surface area contributed by atoms with Crippen LogP contribution in [0.1, 0.15) is 37.6 Å². The molecule has 2 N–H and O–H groups in total. The Labute approximate surface area is 112 Å². The van der Waals surface area contributed by atoms with Crippen LogP contribution in [-0.2, 0) is 0 Å². The van der Waals surface area contributed by atoms with Gasteiger partial charge in [0.1, 0.15) is 5.15 Å². The van der Waals surface area contributed by atoms with Crippen LogP contribution in [0.3, 0.4) is 0 Å². The molecule has 0 aliphatic carbocycles. The highest BCUT2D eigenvalue weighted by Crippen LogP contribution is 2.22. The summed E-state index contributed by atoms with van der Waals surface area (Å²) in [4.78, 5) is 16.0. The van der Waals surface area contributed by atoms with E-state index in [2.05, 4.69) is 10.3 Å². The van der Waals surface area contributed by atoms with Gasteiger partial charge >= 0.3 is 0 Å². The van der Waals surface area contributed by atoms with E-state index >= 15 is 0 Å². The summed E-state index contributed by atoms with van der Waals surface area (Å²) >= 11 is 5.87. The van der Waals surface area contributed by atoms with Gasteiger partial charge < -0.3 is 10.4 Å². The summed E-state index contributed by atoms with van der Waals surface area (Å²) in [6.45, 7) is 6.07. The first-order valence-electron chi connectivity index (χ1n) is 5.88. The smallest absolute Gasteiger partial charge is 0.254 e. The summed E-state index contributed by atoms with van der Waals surface area (Å²) in [5.41, 5.74) is 0.221. The monoisotopic (exact) mass is 270 g/mol. The second-order valence-electron chi connectivity index (χ2n) is 5.25. The number of aromatic nitrogens is 1. The lowest BCUT2D eigenvalue weighted by Gasteiger charge is -2.31. The molecule has 4 nitrogen and oxygen atoms in total. The molecule has 1 heterocycles. The Morgan fingerprint density at radius 2 is 2.22 bits per heavy atom. The fraction of sp³-hybridized carbons (Fsp3) is 0.538. The fourth-order valence-corrected chi connectivity index (χ4v) is 1.85. The van der Waals surface area contributed by atoms with Crippen molar-refractivity contribution in [2.24, 2.45) is 5.41 Å². The van der Waals surface area contributed by atoms with Crippen molar-refractivity contribution < 1.29 is 9.90 Å². The molecule has 0 radical (unpaired) electrons. The normalized spacial score (nSPS) is 13.2. The highest BCUT2D eigenvalue weighted by molar-refractivity contribution is 6.32. The largest absolute Gasteiger partial charge is 0.396 e. The molecule has 5 heteroatoms. The lowest BCUT2D eigenvalue weighted by Crippen LogP contribution is -2.44. The highest BCUT2D eigenvalue weighted by atomic mass is 35.5. The average Bonchev–Trinajstić information content (AvgIpc) is 2.27. The van der Waals surface area contributed by atoms with Crippen LogP contribution < -0.4 is 5.32 Å². The van der Waals surface area contributed by atoms with Gasteiger partial charge in [-0.3, -0.25) is 4.79 Å². The molecule has 0 fully saturated rings. The molecule has 0 spiro atoms. The lowest BCUT2D eigenvalue weighted by atomic mass is 9.85. The predicted octanol–water partition coefficient (Wildman–Crippen LogP) is 2.26. The van der Waals surface area contributed by atoms with Crippen molar-refractivity contribution in [2.45, 2.75) is 33.2 Å². The Morgan fingerprint density at radius 1 is 1.56 bits per heavy atom. The van der Waals surface area contributed by atoms with E-state index in [9.17, 15) is 4.79 Å². The molecule has 0 saturated heterocycles. The number of carbonyl (C=O) groups is 1. The van der Waals surface area contributed by atoms with E-state index in [-0.39, 0.29) is 29.1 Å². The number of amides is 1. The van der Waals surface area contributed by atoms with E-state index in [0.29, 0.717) is 12.0 Å². The molecule has 0 aliphatic rings. The maximum Gasteiger partial charge on any atom is 0.254 e. The summed E-state index contributed by atoms with van der Waals surface area (Å²) in [5, 5.41) is 12.1. The molecule has 1 rings (SSSR count). The van der Waals surface area contributed by atoms with Crippen LogP contribution in [0.15, 0.2) is 18.3 Å². The van der Waals surface area contributed by atoms with Crippen molar-refractivity contribution in [3.8, 4) is 0 Å². The first-order valence-corrected chi connectivity index (χ1v) is 6.26. The number of hydrogen-bond acceptors (Lipinski definition) is 3. The van der Waals surface area contributed by atoms with Gasteiger partial charge in [0.15, 0.2) is 0 Å². The van der Waals surface area contributed by atoms with E-state index < -0.39 is 0 Å². The van der Waals surface area contributed by atoms with Crippen molar-refractivity contribution in [1.82, 2.24) is 10.3 Å². The zero-order valence-electron chi connectivity index (χ0n) is 10.9. The van der Waals surface area contributed by atoms with Crippen LogP contribution >= 0.6 is 11.6 Å². The maximum absolute atomic E-state index is 12.1. The number of halogens is 1. The van der Waals surface area contributed by atoms with Gasteiger partial charge in [0.25, 0.3) is 5.91 Å². The Kier molecular flexibility index (Phi) is 5.11. The second kappa shape index (κ2) is 6.16. The highest BCUT2D eigenvalue weighted by Gasteiger charge is 2.26. The topological polar surface area (TPSA) is 62.2 Å². The van der Waals surface area contributed by atoms with Crippen molar-refractivity contribution in [1.29, 1.82) is 0 Å². The summed E-state index contributed by atoms with van der Waals surface area (Å²) < 4.78 is 0. The molecule has 1 aromatic heterocycles. The van der Waals surface area contributed by atoms with E-state index in [1.165, 1.54) is 6.20 Å². The summed E-state index contributed by atoms with van der Waals surface area (Å²) in [6, 6.07) is 3.17. The molecule has 18 heavy (non-hydrogen) atoms. The van der Waals surface area contributed by atoms with Crippen molar-refractivity contribution in [3.05, 3.63) is 29.0 Å². The van der Waals surface area contributed by atoms with Crippen LogP contribution in [-0.4, -0.2) is 28.6 Å². The zero-order valence-corrected chi connectivity index (χ0v) is 11.7. The molecule has 0 aliphatic heterocycles. The Hall–Kier alpha value is -1.13. The quantitative estimate of drug-likeness (QED) is 0.825. The van der Waals surface area contributed by atoms with Gasteiger partial charge in [-0.05, 0) is 24.0 Å². The SMILES string of the molecule is CC(C)(C)C(CCO)NC(=O)c1cccnc1Cl. The van der Waals surface area contributed by atoms with Crippen molar-refractivity contribution >= 4 is 17.5 Å². The number of hydrogen-bond donors (Lipinski definition) is 2. The van der Waals surface area contributed by atoms with Gasteiger partial charge in [0.05, 0.1) is 5.56 Å². The number of carbonyl (C=O) groups excluding carboxylic acids is 1. The van der Waals surface area contributed by atoms with E-state index in [1.54, 1.807) is 12.1 Å². The number of nitrogens with one attached hydrogen (secondary N) is 1. The number of aliphatic hydroxyl groups is 1. The molecule has 0 bridgehead atoms. The molecule has 0 saturated carbocycles. The molecule has 100 valence electrons. The van der Waals surface area contributed by atoms with Crippen LogP contribution in [0.4, 0.5) is 0 Å². The van der Waals surface area contributed by atoms with Gasteiger partial charge in [0, 0.05) is 18.8 Å². The Bertz CT molecular complexity index is 416. The van der Waals surface area contributed by atoms with Crippen molar-refractivity contribution in [2.75, 3.05) is 6.61 Å². The molecule has 1 atom stereocenters. The standard InChI is InChI=1S/C13H19ClN2O2/c1-13(2,3)10(6-8-17)16-12(18)9-5-4-7-15-11(9)14/h4-5,7,10,17H,6,8H2,1-3H3,(H,16,18). The predicted molar refractivity (Wildman–Crippen MR) is 71.7 cm³/mol. The minimum atomic E-state index is -0.263. The van der Waals surface area contributed by atoms with Gasteiger partial charge in [-0.25, -0.2) is 4.98 Å². The van der Waals surface area contributed by atoms with Gasteiger partial charge in [0.2, 0.25) is 0 Å². The number of rotatable bonds is 4. The fourth-order valence-electron chi connectivity index (χ4n) is 1.64. The number of nitrogens with zero attached hydrogens (tertiary/aromatic N) is 1. The zero-order chi connectivity index (χ0) is 13.8. The Morgan fingerprint density at radius 3 is 2.72 bits per heavy atom. The van der Waals surface area contributed by atoms with Crippen LogP contribution in [0, 0.1) is 5.41 Å². The summed E-state index contributed by atoms with van der Waals surface area (Å²) in [7, 11) is 0. The summed E-state index contributed by atoms with van der Waals surface area (Å²) in [6.07, 6.45) is 2.04. The minimum absolute atomic E-state index is 0.0307. The molecule has 1 aromatic rings. The van der Waals surface area contributed by atoms with E-state index in [1.807, 2.05) is 20.8 Å². The minimum Gasteiger partial charge on any atom is -0.396 e. The summed E-state index contributed by atoms with van der Waals surface area (Å²) in [5.74, 6) is -0.263. The molecular formula is C13H19ClN2O2. The van der Waals surface area contributed by atoms with Gasteiger partial charge in [-0.2, -0.15) is 0 Å². The number of aliphatic hydroxyl groups excluding tert-OH is 1. The average molecular weight is 271 g/mol. The lowest BCUT2D eigenvalue weighted by molar-refractivity contribution is 0.0885. The number of pyridine rings is 1. The van der Waals surface area contributed by atoms with Crippen LogP contribution in [0.25, 0.3) is 0 Å². The third kappa shape index (κ3) is 3.96. The first-order chi connectivity index (χ1) is 8.36. The maximum atomic E-state index is 12.1. The second-order valence-corrected chi connectivity index (χ2v) is 5.60. The van der Waals surface area contributed by atoms with E-state index in [0.717, 1.165) is 0 Å². The third-order valence-corrected chi connectivity index (χ3v) is 3.07. The molecule has 1 unspecified atom stereocenters. The molecular weight excluding hydrogens is 252 g/mol. The third-order valence-electron chi connectivity index (χ3n) is 2.77. The van der Waals surface area contributed by atoms with Gasteiger partial charge in [-0.1, -0.05) is 32.4 Å². The molecule has 0 aromatic carbocycles.